The summed E-state index contributed by atoms with van der Waals surface area (Å²) in [5, 5.41) is 2.85. The predicted molar refractivity (Wildman–Crippen MR) is 118 cm³/mol. The molecule has 0 unspecified atom stereocenters. The lowest BCUT2D eigenvalue weighted by atomic mass is 9.89. The van der Waals surface area contributed by atoms with Crippen LogP contribution in [0.25, 0.3) is 11.1 Å². The molecule has 0 spiro atoms. The second-order valence-corrected chi connectivity index (χ2v) is 8.18. The minimum Gasteiger partial charge on any atom is -0.407 e. The molecule has 0 saturated carbocycles. The van der Waals surface area contributed by atoms with Crippen LogP contribution in [-0.4, -0.2) is 42.2 Å². The Morgan fingerprint density at radius 3 is 2.63 bits per heavy atom. The Morgan fingerprint density at radius 1 is 1.10 bits per heavy atom. The molecule has 1 N–H and O–H groups in total. The number of oxazole rings is 1. The number of unbranched alkanes of at least 4 members (excludes halogenated alkanes) is 1. The van der Waals surface area contributed by atoms with Gasteiger partial charge in [0.2, 0.25) is 0 Å². The molecule has 1 fully saturated rings. The van der Waals surface area contributed by atoms with Crippen molar-refractivity contribution in [3.05, 3.63) is 70.2 Å². The number of hydrogen-bond acceptors (Lipinski definition) is 4. The zero-order valence-electron chi connectivity index (χ0n) is 17.5. The molecule has 158 valence electrons. The number of aromatic nitrogens is 1. The molecule has 1 saturated heterocycles. The Bertz CT molecular complexity index is 1050. The molecule has 3 aromatic rings. The van der Waals surface area contributed by atoms with E-state index in [2.05, 4.69) is 29.4 Å². The fourth-order valence-electron chi connectivity index (χ4n) is 4.20. The molecule has 6 heteroatoms. The molecule has 2 aromatic carbocycles. The number of aryl methyl sites for hydroxylation is 1. The van der Waals surface area contributed by atoms with Crippen molar-refractivity contribution in [2.45, 2.75) is 38.0 Å². The number of fused-ring (bicyclic) bond motifs is 1. The highest BCUT2D eigenvalue weighted by molar-refractivity contribution is 5.88. The summed E-state index contributed by atoms with van der Waals surface area (Å²) in [5.74, 6) is -0.162. The fourth-order valence-corrected chi connectivity index (χ4v) is 4.20. The van der Waals surface area contributed by atoms with Crippen molar-refractivity contribution in [1.29, 1.82) is 0 Å². The summed E-state index contributed by atoms with van der Waals surface area (Å²) in [6, 6.07) is 15.6. The standard InChI is InChI=1S/C24H29N3O3/c1-26-15-12-19(13-16-26)20-10-11-21-22(17-20)30-24(29)27(21)23(28)25-14-6-5-9-18-7-3-2-4-8-18/h2-4,7-8,10-11,17,19H,5-6,9,12-16H2,1H3,(H,25,28). The number of hydrogen-bond donors (Lipinski definition) is 1. The lowest BCUT2D eigenvalue weighted by molar-refractivity contribution is 0.241. The number of likely N-dealkylation sites (tertiary alicyclic amines) is 1. The van der Waals surface area contributed by atoms with E-state index in [0.717, 1.165) is 49.8 Å². The molecule has 4 rings (SSSR count). The molecular weight excluding hydrogens is 378 g/mol. The van der Waals surface area contributed by atoms with Gasteiger partial charge in [0.15, 0.2) is 5.58 Å². The van der Waals surface area contributed by atoms with E-state index in [1.54, 1.807) is 0 Å². The van der Waals surface area contributed by atoms with Gasteiger partial charge in [-0.15, -0.1) is 0 Å². The highest BCUT2D eigenvalue weighted by atomic mass is 16.4. The Hall–Kier alpha value is -2.86. The SMILES string of the molecule is CN1CCC(c2ccc3c(c2)oc(=O)n3C(=O)NCCCCc2ccccc2)CC1. The second kappa shape index (κ2) is 9.30. The van der Waals surface area contributed by atoms with Crippen LogP contribution in [0.2, 0.25) is 0 Å². The van der Waals surface area contributed by atoms with Crippen LogP contribution in [0.1, 0.15) is 42.7 Å². The number of nitrogens with one attached hydrogen (secondary N) is 1. The second-order valence-electron chi connectivity index (χ2n) is 8.18. The lowest BCUT2D eigenvalue weighted by Gasteiger charge is -2.29. The van der Waals surface area contributed by atoms with E-state index in [-0.39, 0.29) is 0 Å². The van der Waals surface area contributed by atoms with Crippen LogP contribution in [0.15, 0.2) is 57.7 Å². The zero-order chi connectivity index (χ0) is 20.9. The number of amides is 1. The zero-order valence-corrected chi connectivity index (χ0v) is 17.5. The highest BCUT2D eigenvalue weighted by Crippen LogP contribution is 2.29. The summed E-state index contributed by atoms with van der Waals surface area (Å²) in [6.45, 7) is 2.67. The first-order valence-corrected chi connectivity index (χ1v) is 10.8. The minimum absolute atomic E-state index is 0.425. The van der Waals surface area contributed by atoms with Gasteiger partial charge < -0.3 is 14.6 Å². The summed E-state index contributed by atoms with van der Waals surface area (Å²) in [7, 11) is 2.14. The lowest BCUT2D eigenvalue weighted by Crippen LogP contribution is -2.34. The van der Waals surface area contributed by atoms with E-state index in [4.69, 9.17) is 4.42 Å². The first kappa shape index (κ1) is 20.4. The summed E-state index contributed by atoms with van der Waals surface area (Å²) in [6.07, 6.45) is 4.99. The van der Waals surface area contributed by atoms with Crippen molar-refractivity contribution in [2.75, 3.05) is 26.7 Å². The van der Waals surface area contributed by atoms with Crippen molar-refractivity contribution in [1.82, 2.24) is 14.8 Å². The van der Waals surface area contributed by atoms with Gasteiger partial charge in [-0.05, 0) is 81.4 Å². The number of carbonyl (C=O) groups is 1. The number of benzene rings is 2. The third-order valence-corrected chi connectivity index (χ3v) is 6.01. The van der Waals surface area contributed by atoms with Gasteiger partial charge in [0.1, 0.15) is 0 Å². The molecule has 2 heterocycles. The van der Waals surface area contributed by atoms with E-state index in [9.17, 15) is 9.59 Å². The molecule has 0 radical (unpaired) electrons. The Kier molecular flexibility index (Phi) is 6.33. The van der Waals surface area contributed by atoms with Gasteiger partial charge >= 0.3 is 11.8 Å². The van der Waals surface area contributed by atoms with Crippen LogP contribution in [0.3, 0.4) is 0 Å². The largest absolute Gasteiger partial charge is 0.428 e. The first-order chi connectivity index (χ1) is 14.6. The third-order valence-electron chi connectivity index (χ3n) is 6.01. The van der Waals surface area contributed by atoms with E-state index < -0.39 is 11.8 Å². The minimum atomic E-state index is -0.632. The maximum atomic E-state index is 12.6. The Morgan fingerprint density at radius 2 is 1.87 bits per heavy atom. The normalized spacial score (nSPS) is 15.5. The number of piperidine rings is 1. The first-order valence-electron chi connectivity index (χ1n) is 10.8. The van der Waals surface area contributed by atoms with E-state index in [0.29, 0.717) is 23.6 Å². The highest BCUT2D eigenvalue weighted by Gasteiger charge is 2.21. The topological polar surface area (TPSA) is 67.5 Å². The molecule has 6 nitrogen and oxygen atoms in total. The van der Waals surface area contributed by atoms with Crippen LogP contribution in [-0.2, 0) is 6.42 Å². The van der Waals surface area contributed by atoms with Gasteiger partial charge in [-0.2, -0.15) is 4.57 Å². The fraction of sp³-hybridized carbons (Fsp3) is 0.417. The van der Waals surface area contributed by atoms with E-state index in [1.807, 2.05) is 36.4 Å². The maximum absolute atomic E-state index is 12.6. The van der Waals surface area contributed by atoms with Crippen molar-refractivity contribution >= 4 is 17.1 Å². The van der Waals surface area contributed by atoms with E-state index >= 15 is 0 Å². The summed E-state index contributed by atoms with van der Waals surface area (Å²) < 4.78 is 6.50. The van der Waals surface area contributed by atoms with Crippen molar-refractivity contribution in [2.24, 2.45) is 0 Å². The van der Waals surface area contributed by atoms with Crippen LogP contribution >= 0.6 is 0 Å². The smallest absolute Gasteiger partial charge is 0.407 e. The quantitative estimate of drug-likeness (QED) is 0.628. The summed E-state index contributed by atoms with van der Waals surface area (Å²) in [5.41, 5.74) is 3.48. The van der Waals surface area contributed by atoms with Crippen molar-refractivity contribution in [3.63, 3.8) is 0 Å². The molecule has 30 heavy (non-hydrogen) atoms. The van der Waals surface area contributed by atoms with Crippen LogP contribution in [0.5, 0.6) is 0 Å². The van der Waals surface area contributed by atoms with Gasteiger partial charge in [-0.1, -0.05) is 36.4 Å². The molecule has 0 bridgehead atoms. The van der Waals surface area contributed by atoms with Gasteiger partial charge in [0.05, 0.1) is 5.52 Å². The van der Waals surface area contributed by atoms with Gasteiger partial charge in [0, 0.05) is 6.54 Å². The third kappa shape index (κ3) is 4.65. The number of rotatable bonds is 6. The Balaban J connectivity index is 1.36. The molecular formula is C24H29N3O3. The van der Waals surface area contributed by atoms with Crippen LogP contribution in [0, 0.1) is 0 Å². The molecule has 1 aliphatic heterocycles. The van der Waals surface area contributed by atoms with Gasteiger partial charge in [-0.25, -0.2) is 9.59 Å². The Labute approximate surface area is 176 Å². The average molecular weight is 408 g/mol. The summed E-state index contributed by atoms with van der Waals surface area (Å²) >= 11 is 0. The monoisotopic (exact) mass is 407 g/mol. The molecule has 0 aliphatic carbocycles. The maximum Gasteiger partial charge on any atom is 0.428 e. The van der Waals surface area contributed by atoms with Gasteiger partial charge in [-0.3, -0.25) is 0 Å². The molecule has 0 atom stereocenters. The predicted octanol–water partition coefficient (Wildman–Crippen LogP) is 3.98. The van der Waals surface area contributed by atoms with Crippen molar-refractivity contribution < 1.29 is 9.21 Å². The average Bonchev–Trinajstić information content (AvgIpc) is 3.09. The number of nitrogens with zero attached hydrogens (tertiary/aromatic N) is 2. The van der Waals surface area contributed by atoms with Crippen LogP contribution in [0.4, 0.5) is 4.79 Å². The van der Waals surface area contributed by atoms with Gasteiger partial charge in [0.25, 0.3) is 0 Å². The number of carbonyl (C=O) groups excluding carboxylic acids is 1. The van der Waals surface area contributed by atoms with Crippen molar-refractivity contribution in [3.8, 4) is 0 Å². The summed E-state index contributed by atoms with van der Waals surface area (Å²) in [4.78, 5) is 27.2. The van der Waals surface area contributed by atoms with E-state index in [1.165, 1.54) is 11.1 Å². The molecule has 1 aromatic heterocycles. The molecule has 1 aliphatic rings. The van der Waals surface area contributed by atoms with Crippen LogP contribution < -0.4 is 11.1 Å². The molecule has 1 amide bonds.